The number of fused-ring (bicyclic) bond motifs is 1. The molecule has 0 aromatic carbocycles. The quantitative estimate of drug-likeness (QED) is 0.878. The molecule has 1 saturated heterocycles. The zero-order valence-electron chi connectivity index (χ0n) is 17.1. The molecule has 0 aliphatic carbocycles. The van der Waals surface area contributed by atoms with Crippen molar-refractivity contribution in [3.8, 4) is 0 Å². The topological polar surface area (TPSA) is 84.0 Å². The summed E-state index contributed by atoms with van der Waals surface area (Å²) in [5, 5.41) is 7.38. The molecule has 0 saturated carbocycles. The maximum Gasteiger partial charge on any atom is 0.274 e. The van der Waals surface area contributed by atoms with Gasteiger partial charge in [-0.3, -0.25) is 9.89 Å². The first-order chi connectivity index (χ1) is 13.4. The highest BCUT2D eigenvalue weighted by Crippen LogP contribution is 2.32. The molecule has 2 atom stereocenters. The SMILES string of the molecule is CC(C)c1nccc(C2CCN(C(=O)c3n[nH]c4c3C[C@H](C)O[C@@H]4C)CC2)n1. The summed E-state index contributed by atoms with van der Waals surface area (Å²) in [6.45, 7) is 9.72. The summed E-state index contributed by atoms with van der Waals surface area (Å²) in [5.41, 5.74) is 3.64. The normalized spacial score (nSPS) is 23.1. The predicted octanol–water partition coefficient (Wildman–Crippen LogP) is 3.37. The molecule has 1 N–H and O–H groups in total. The number of H-pyrrole nitrogens is 1. The molecular weight excluding hydrogens is 354 g/mol. The van der Waals surface area contributed by atoms with E-state index in [0.717, 1.165) is 55.1 Å². The number of likely N-dealkylation sites (tertiary alicyclic amines) is 1. The fraction of sp³-hybridized carbons (Fsp3) is 0.619. The Kier molecular flexibility index (Phi) is 5.19. The Morgan fingerprint density at radius 3 is 2.75 bits per heavy atom. The monoisotopic (exact) mass is 383 g/mol. The van der Waals surface area contributed by atoms with Gasteiger partial charge in [-0.25, -0.2) is 9.97 Å². The number of nitrogens with one attached hydrogen (secondary N) is 1. The number of hydrogen-bond acceptors (Lipinski definition) is 5. The zero-order chi connectivity index (χ0) is 19.8. The van der Waals surface area contributed by atoms with Gasteiger partial charge >= 0.3 is 0 Å². The van der Waals surface area contributed by atoms with Gasteiger partial charge in [-0.05, 0) is 32.8 Å². The van der Waals surface area contributed by atoms with Gasteiger partial charge in [0.05, 0.1) is 17.9 Å². The summed E-state index contributed by atoms with van der Waals surface area (Å²) in [6, 6.07) is 2.01. The smallest absolute Gasteiger partial charge is 0.274 e. The average molecular weight is 383 g/mol. The van der Waals surface area contributed by atoms with Crippen LogP contribution in [0.3, 0.4) is 0 Å². The number of nitrogens with zero attached hydrogens (tertiary/aromatic N) is 4. The minimum atomic E-state index is -0.0496. The number of hydrogen-bond donors (Lipinski definition) is 1. The lowest BCUT2D eigenvalue weighted by Gasteiger charge is -2.32. The Morgan fingerprint density at radius 2 is 2.04 bits per heavy atom. The van der Waals surface area contributed by atoms with E-state index in [1.54, 1.807) is 0 Å². The van der Waals surface area contributed by atoms with Crippen molar-refractivity contribution in [2.75, 3.05) is 13.1 Å². The van der Waals surface area contributed by atoms with Crippen LogP contribution in [-0.2, 0) is 11.2 Å². The number of aromatic nitrogens is 4. The van der Waals surface area contributed by atoms with Crippen molar-refractivity contribution in [1.82, 2.24) is 25.1 Å². The van der Waals surface area contributed by atoms with Gasteiger partial charge in [0.1, 0.15) is 5.82 Å². The molecule has 4 heterocycles. The van der Waals surface area contributed by atoms with Crippen LogP contribution in [0.15, 0.2) is 12.3 Å². The van der Waals surface area contributed by atoms with E-state index in [4.69, 9.17) is 9.72 Å². The van der Waals surface area contributed by atoms with Gasteiger partial charge in [0.25, 0.3) is 5.91 Å². The van der Waals surface area contributed by atoms with Gasteiger partial charge in [-0.15, -0.1) is 0 Å². The number of piperidine rings is 1. The summed E-state index contributed by atoms with van der Waals surface area (Å²) < 4.78 is 5.83. The molecular formula is C21H29N5O2. The van der Waals surface area contributed by atoms with Crippen LogP contribution < -0.4 is 0 Å². The maximum atomic E-state index is 13.1. The highest BCUT2D eigenvalue weighted by Gasteiger charge is 2.33. The van der Waals surface area contributed by atoms with Crippen molar-refractivity contribution in [3.05, 3.63) is 40.7 Å². The molecule has 0 radical (unpaired) electrons. The molecule has 28 heavy (non-hydrogen) atoms. The molecule has 2 aliphatic heterocycles. The number of ether oxygens (including phenoxy) is 1. The summed E-state index contributed by atoms with van der Waals surface area (Å²) in [7, 11) is 0. The molecule has 1 amide bonds. The van der Waals surface area contributed by atoms with Gasteiger partial charge in [0.2, 0.25) is 0 Å². The van der Waals surface area contributed by atoms with Crippen molar-refractivity contribution in [2.24, 2.45) is 0 Å². The number of rotatable bonds is 3. The van der Waals surface area contributed by atoms with Crippen LogP contribution in [-0.4, -0.2) is 50.2 Å². The van der Waals surface area contributed by atoms with E-state index in [2.05, 4.69) is 29.0 Å². The lowest BCUT2D eigenvalue weighted by atomic mass is 9.92. The van der Waals surface area contributed by atoms with Gasteiger partial charge in [0, 0.05) is 48.8 Å². The fourth-order valence-corrected chi connectivity index (χ4v) is 4.27. The molecule has 4 rings (SSSR count). The van der Waals surface area contributed by atoms with E-state index in [1.807, 2.05) is 31.0 Å². The first-order valence-corrected chi connectivity index (χ1v) is 10.3. The van der Waals surface area contributed by atoms with Crippen LogP contribution in [0.25, 0.3) is 0 Å². The Bertz CT molecular complexity index is 854. The van der Waals surface area contributed by atoms with Gasteiger partial charge in [-0.2, -0.15) is 5.10 Å². The van der Waals surface area contributed by atoms with Crippen molar-refractivity contribution >= 4 is 5.91 Å². The second kappa shape index (κ2) is 7.62. The average Bonchev–Trinajstić information content (AvgIpc) is 3.12. The molecule has 0 spiro atoms. The Hall–Kier alpha value is -2.28. The molecule has 7 nitrogen and oxygen atoms in total. The van der Waals surface area contributed by atoms with E-state index in [1.165, 1.54) is 0 Å². The molecule has 0 unspecified atom stereocenters. The van der Waals surface area contributed by atoms with Crippen LogP contribution in [0.4, 0.5) is 0 Å². The van der Waals surface area contributed by atoms with Crippen molar-refractivity contribution in [3.63, 3.8) is 0 Å². The maximum absolute atomic E-state index is 13.1. The number of amides is 1. The van der Waals surface area contributed by atoms with E-state index < -0.39 is 0 Å². The second-order valence-corrected chi connectivity index (χ2v) is 8.32. The third-order valence-corrected chi connectivity index (χ3v) is 5.85. The van der Waals surface area contributed by atoms with Gasteiger partial charge in [0.15, 0.2) is 5.69 Å². The third kappa shape index (κ3) is 3.55. The van der Waals surface area contributed by atoms with Gasteiger partial charge in [-0.1, -0.05) is 13.8 Å². The molecule has 7 heteroatoms. The Morgan fingerprint density at radius 1 is 1.29 bits per heavy atom. The van der Waals surface area contributed by atoms with E-state index >= 15 is 0 Å². The summed E-state index contributed by atoms with van der Waals surface area (Å²) in [4.78, 5) is 24.2. The van der Waals surface area contributed by atoms with Gasteiger partial charge < -0.3 is 9.64 Å². The minimum Gasteiger partial charge on any atom is -0.369 e. The highest BCUT2D eigenvalue weighted by atomic mass is 16.5. The second-order valence-electron chi connectivity index (χ2n) is 8.32. The summed E-state index contributed by atoms with van der Waals surface area (Å²) >= 11 is 0. The first-order valence-electron chi connectivity index (χ1n) is 10.3. The predicted molar refractivity (Wildman–Crippen MR) is 105 cm³/mol. The van der Waals surface area contributed by atoms with Crippen molar-refractivity contribution < 1.29 is 9.53 Å². The molecule has 2 aliphatic rings. The number of carbonyl (C=O) groups excluding carboxylic acids is 1. The molecule has 2 aromatic rings. The van der Waals surface area contributed by atoms with Crippen LogP contribution in [0.5, 0.6) is 0 Å². The molecule has 0 bridgehead atoms. The molecule has 150 valence electrons. The molecule has 2 aromatic heterocycles. The van der Waals surface area contributed by atoms with Crippen LogP contribution in [0.2, 0.25) is 0 Å². The zero-order valence-corrected chi connectivity index (χ0v) is 17.1. The van der Waals surface area contributed by atoms with Crippen molar-refractivity contribution in [2.45, 2.75) is 71.0 Å². The fourth-order valence-electron chi connectivity index (χ4n) is 4.27. The number of aromatic amines is 1. The first kappa shape index (κ1) is 19.1. The Labute approximate surface area is 165 Å². The van der Waals surface area contributed by atoms with E-state index in [9.17, 15) is 4.79 Å². The lowest BCUT2D eigenvalue weighted by Crippen LogP contribution is -2.39. The Balaban J connectivity index is 1.45. The van der Waals surface area contributed by atoms with Crippen LogP contribution in [0.1, 0.15) is 91.7 Å². The minimum absolute atomic E-state index is 0.0304. The summed E-state index contributed by atoms with van der Waals surface area (Å²) in [5.74, 6) is 1.62. The number of carbonyl (C=O) groups is 1. The van der Waals surface area contributed by atoms with Crippen molar-refractivity contribution in [1.29, 1.82) is 0 Å². The third-order valence-electron chi connectivity index (χ3n) is 5.85. The van der Waals surface area contributed by atoms with E-state index in [0.29, 0.717) is 17.5 Å². The lowest BCUT2D eigenvalue weighted by molar-refractivity contribution is -0.00703. The standard InChI is InChI=1S/C21H29N5O2/c1-12(2)20-22-8-5-17(23-20)15-6-9-26(10-7-15)21(27)19-16-11-13(3)28-14(4)18(16)24-25-19/h5,8,12-15H,6-7,9-11H2,1-4H3,(H,24,25)/t13-,14+/m0/s1. The van der Waals surface area contributed by atoms with Crippen LogP contribution >= 0.6 is 0 Å². The molecule has 1 fully saturated rings. The highest BCUT2D eigenvalue weighted by molar-refractivity contribution is 5.94. The largest absolute Gasteiger partial charge is 0.369 e. The summed E-state index contributed by atoms with van der Waals surface area (Å²) in [6.07, 6.45) is 4.48. The van der Waals surface area contributed by atoms with Crippen LogP contribution in [0, 0.1) is 0 Å². The van der Waals surface area contributed by atoms with E-state index in [-0.39, 0.29) is 18.1 Å².